The zero-order valence-electron chi connectivity index (χ0n) is 22.3. The third-order valence-corrected chi connectivity index (χ3v) is 6.05. The van der Waals surface area contributed by atoms with Crippen LogP contribution in [0.15, 0.2) is 54.7 Å². The van der Waals surface area contributed by atoms with Crippen molar-refractivity contribution >= 4 is 5.78 Å². The Bertz CT molecular complexity index is 1000. The predicted molar refractivity (Wildman–Crippen MR) is 145 cm³/mol. The second-order valence-corrected chi connectivity index (χ2v) is 9.17. The Morgan fingerprint density at radius 3 is 2.35 bits per heavy atom. The number of hydrogen-bond donors (Lipinski definition) is 0. The van der Waals surface area contributed by atoms with Gasteiger partial charge in [-0.15, -0.1) is 0 Å². The first-order chi connectivity index (χ1) is 16.4. The number of ketones is 1. The fourth-order valence-corrected chi connectivity index (χ4v) is 4.20. The normalized spacial score (nSPS) is 14.4. The summed E-state index contributed by atoms with van der Waals surface area (Å²) in [6.07, 6.45) is 7.71. The van der Waals surface area contributed by atoms with Crippen LogP contribution in [-0.2, 0) is 12.8 Å². The lowest BCUT2D eigenvalue weighted by Crippen LogP contribution is -2.14. The zero-order valence-corrected chi connectivity index (χ0v) is 22.3. The molecular weight excluding hydrogens is 418 g/mol. The average Bonchev–Trinajstić information content (AvgIpc) is 3.23. The van der Waals surface area contributed by atoms with E-state index >= 15 is 0 Å². The summed E-state index contributed by atoms with van der Waals surface area (Å²) in [6, 6.07) is 16.6. The van der Waals surface area contributed by atoms with Crippen LogP contribution in [0.2, 0.25) is 0 Å². The lowest BCUT2D eigenvalue weighted by atomic mass is 9.89. The minimum absolute atomic E-state index is 0.0469. The number of Topliss-reactive ketones (excluding diaryl/α,β-unsaturated/α-hetero) is 1. The van der Waals surface area contributed by atoms with Gasteiger partial charge in [-0.3, -0.25) is 9.36 Å². The summed E-state index contributed by atoms with van der Waals surface area (Å²) in [7, 11) is 4.21. The minimum atomic E-state index is 0.0469. The van der Waals surface area contributed by atoms with E-state index < -0.39 is 0 Å². The second kappa shape index (κ2) is 13.9. The number of rotatable bonds is 6. The molecule has 0 N–H and O–H groups in total. The van der Waals surface area contributed by atoms with Crippen molar-refractivity contribution in [2.24, 2.45) is 5.92 Å². The minimum Gasteiger partial charge on any atom is -0.309 e. The first kappa shape index (κ1) is 27.5. The molecule has 1 aliphatic carbocycles. The molecule has 2 heterocycles. The lowest BCUT2D eigenvalue weighted by Gasteiger charge is -2.21. The van der Waals surface area contributed by atoms with E-state index in [9.17, 15) is 4.79 Å². The van der Waals surface area contributed by atoms with E-state index in [1.807, 2.05) is 32.0 Å². The van der Waals surface area contributed by atoms with Gasteiger partial charge in [-0.05, 0) is 88.5 Å². The van der Waals surface area contributed by atoms with E-state index in [4.69, 9.17) is 0 Å². The highest BCUT2D eigenvalue weighted by Gasteiger charge is 2.23. The van der Waals surface area contributed by atoms with Crippen molar-refractivity contribution in [2.45, 2.75) is 66.7 Å². The maximum Gasteiger partial charge on any atom is 0.161 e. The number of carbonyl (C=O) groups excluding carboxylic acids is 1. The van der Waals surface area contributed by atoms with Crippen LogP contribution in [0, 0.1) is 5.92 Å². The predicted octanol–water partition coefficient (Wildman–Crippen LogP) is 7.24. The number of aromatic nitrogens is 2. The van der Waals surface area contributed by atoms with Crippen LogP contribution in [0.3, 0.4) is 0 Å². The molecule has 1 aliphatic rings. The molecule has 0 aliphatic heterocycles. The van der Waals surface area contributed by atoms with Crippen LogP contribution < -0.4 is 0 Å². The van der Waals surface area contributed by atoms with E-state index in [-0.39, 0.29) is 5.78 Å². The van der Waals surface area contributed by atoms with E-state index in [1.165, 1.54) is 48.3 Å². The molecule has 1 aromatic carbocycles. The van der Waals surface area contributed by atoms with Gasteiger partial charge in [-0.2, -0.15) is 0 Å². The molecule has 0 bridgehead atoms. The molecule has 4 heteroatoms. The standard InChI is InChI=1S/C22H22N2O.C6H15N.C2H6/c1-15-8-10-20-19(12-15)13-21(17-6-4-3-5-7-17)24(20)22-11-9-18(14-23-22)16(2)25;1-4-5-6-7(2)3;1-2/h3-7,9,11,13-15H,8,10,12H2,1-2H3;4-6H2,1-3H3;1-2H3. The lowest BCUT2D eigenvalue weighted by molar-refractivity contribution is 0.101. The molecule has 0 saturated heterocycles. The molecule has 2 aromatic heterocycles. The summed E-state index contributed by atoms with van der Waals surface area (Å²) in [5, 5.41) is 0. The van der Waals surface area contributed by atoms with Crippen molar-refractivity contribution < 1.29 is 4.79 Å². The van der Waals surface area contributed by atoms with Crippen molar-refractivity contribution in [1.29, 1.82) is 0 Å². The fraction of sp³-hybridized carbons (Fsp3) is 0.467. The molecule has 0 amide bonds. The van der Waals surface area contributed by atoms with Gasteiger partial charge in [0.1, 0.15) is 5.82 Å². The summed E-state index contributed by atoms with van der Waals surface area (Å²) in [6.45, 7) is 11.3. The van der Waals surface area contributed by atoms with Crippen molar-refractivity contribution in [3.63, 3.8) is 0 Å². The molecule has 0 radical (unpaired) electrons. The molecule has 3 aromatic rings. The molecular formula is C30H43N3O. The number of benzene rings is 1. The van der Waals surface area contributed by atoms with Gasteiger partial charge in [0.15, 0.2) is 5.78 Å². The molecule has 4 nitrogen and oxygen atoms in total. The highest BCUT2D eigenvalue weighted by Crippen LogP contribution is 2.34. The smallest absolute Gasteiger partial charge is 0.161 e. The Kier molecular flexibility index (Phi) is 11.2. The van der Waals surface area contributed by atoms with E-state index in [0.717, 1.165) is 24.6 Å². The first-order valence-corrected chi connectivity index (χ1v) is 12.8. The molecule has 0 fully saturated rings. The molecule has 34 heavy (non-hydrogen) atoms. The largest absolute Gasteiger partial charge is 0.309 e. The maximum absolute atomic E-state index is 11.6. The van der Waals surface area contributed by atoms with E-state index in [1.54, 1.807) is 13.1 Å². The monoisotopic (exact) mass is 461 g/mol. The van der Waals surface area contributed by atoms with Gasteiger partial charge in [0.05, 0.1) is 5.69 Å². The van der Waals surface area contributed by atoms with Crippen LogP contribution in [0.5, 0.6) is 0 Å². The topological polar surface area (TPSA) is 38.1 Å². The quantitative estimate of drug-likeness (QED) is 0.363. The molecule has 184 valence electrons. The van der Waals surface area contributed by atoms with Gasteiger partial charge >= 0.3 is 0 Å². The van der Waals surface area contributed by atoms with Crippen LogP contribution in [0.1, 0.15) is 75.5 Å². The Morgan fingerprint density at radius 1 is 1.12 bits per heavy atom. The Morgan fingerprint density at radius 2 is 1.82 bits per heavy atom. The van der Waals surface area contributed by atoms with Crippen molar-refractivity contribution in [1.82, 2.24) is 14.5 Å². The number of unbranched alkanes of at least 4 members (excludes halogenated alkanes) is 1. The number of hydrogen-bond acceptors (Lipinski definition) is 3. The van der Waals surface area contributed by atoms with Crippen molar-refractivity contribution in [3.05, 3.63) is 71.5 Å². The number of nitrogens with zero attached hydrogens (tertiary/aromatic N) is 3. The summed E-state index contributed by atoms with van der Waals surface area (Å²) in [5.41, 5.74) is 5.82. The first-order valence-electron chi connectivity index (χ1n) is 12.8. The summed E-state index contributed by atoms with van der Waals surface area (Å²) < 4.78 is 2.28. The molecule has 0 spiro atoms. The van der Waals surface area contributed by atoms with Gasteiger partial charge in [0.2, 0.25) is 0 Å². The van der Waals surface area contributed by atoms with E-state index in [2.05, 4.69) is 72.7 Å². The Balaban J connectivity index is 0.000000393. The molecule has 4 rings (SSSR count). The van der Waals surface area contributed by atoms with Gasteiger partial charge in [-0.1, -0.05) is 64.4 Å². The summed E-state index contributed by atoms with van der Waals surface area (Å²) >= 11 is 0. The summed E-state index contributed by atoms with van der Waals surface area (Å²) in [4.78, 5) is 18.4. The zero-order chi connectivity index (χ0) is 25.1. The highest BCUT2D eigenvalue weighted by atomic mass is 16.1. The molecule has 0 saturated carbocycles. The fourth-order valence-electron chi connectivity index (χ4n) is 4.20. The Hall–Kier alpha value is -2.72. The average molecular weight is 462 g/mol. The van der Waals surface area contributed by atoms with Crippen LogP contribution in [-0.4, -0.2) is 40.9 Å². The van der Waals surface area contributed by atoms with Crippen molar-refractivity contribution in [2.75, 3.05) is 20.6 Å². The number of fused-ring (bicyclic) bond motifs is 1. The highest BCUT2D eigenvalue weighted by molar-refractivity contribution is 5.93. The van der Waals surface area contributed by atoms with Crippen LogP contribution >= 0.6 is 0 Å². The third-order valence-electron chi connectivity index (χ3n) is 6.05. The van der Waals surface area contributed by atoms with Gasteiger partial charge in [0, 0.05) is 17.5 Å². The Labute approximate surface area is 207 Å². The van der Waals surface area contributed by atoms with Gasteiger partial charge in [-0.25, -0.2) is 4.98 Å². The number of pyridine rings is 1. The third kappa shape index (κ3) is 7.39. The second-order valence-electron chi connectivity index (χ2n) is 9.17. The van der Waals surface area contributed by atoms with E-state index in [0.29, 0.717) is 5.56 Å². The van der Waals surface area contributed by atoms with Crippen LogP contribution in [0.4, 0.5) is 0 Å². The molecule has 1 atom stereocenters. The maximum atomic E-state index is 11.6. The SMILES string of the molecule is CC.CC(=O)c1ccc(-n2c(-c3ccccc3)cc3c2CCC(C)C3)nc1.CCCCN(C)C. The van der Waals surface area contributed by atoms with Gasteiger partial charge < -0.3 is 4.90 Å². The molecule has 1 unspecified atom stereocenters. The summed E-state index contributed by atoms with van der Waals surface area (Å²) in [5.74, 6) is 1.66. The van der Waals surface area contributed by atoms with Crippen LogP contribution in [0.25, 0.3) is 17.1 Å². The van der Waals surface area contributed by atoms with Crippen molar-refractivity contribution in [3.8, 4) is 17.1 Å². The number of carbonyl (C=O) groups is 1. The van der Waals surface area contributed by atoms with Gasteiger partial charge in [0.25, 0.3) is 0 Å².